The van der Waals surface area contributed by atoms with Crippen molar-refractivity contribution in [2.45, 2.75) is 39.4 Å². The third kappa shape index (κ3) is 4.16. The zero-order valence-corrected chi connectivity index (χ0v) is 13.5. The predicted octanol–water partition coefficient (Wildman–Crippen LogP) is 3.82. The lowest BCUT2D eigenvalue weighted by Gasteiger charge is -2.31. The Bertz CT molecular complexity index is 572. The lowest BCUT2D eigenvalue weighted by molar-refractivity contribution is 0.211. The highest BCUT2D eigenvalue weighted by Gasteiger charge is 2.21. The zero-order valence-electron chi connectivity index (χ0n) is 13.5. The van der Waals surface area contributed by atoms with E-state index in [2.05, 4.69) is 81.2 Å². The second kappa shape index (κ2) is 6.88. The van der Waals surface area contributed by atoms with Crippen LogP contribution >= 0.6 is 0 Å². The Kier molecular flexibility index (Phi) is 5.16. The first-order chi connectivity index (χ1) is 9.97. The number of aryl methyl sites for hydroxylation is 2. The van der Waals surface area contributed by atoms with Crippen LogP contribution in [0.1, 0.15) is 35.2 Å². The summed E-state index contributed by atoms with van der Waals surface area (Å²) in [4.78, 5) is 2.34. The van der Waals surface area contributed by atoms with Crippen molar-refractivity contribution in [1.82, 2.24) is 4.90 Å². The highest BCUT2D eigenvalue weighted by molar-refractivity contribution is 5.26. The van der Waals surface area contributed by atoms with Gasteiger partial charge in [-0.05, 0) is 38.9 Å². The first-order valence-electron chi connectivity index (χ1n) is 7.55. The smallest absolute Gasteiger partial charge is 0.0496 e. The molecule has 2 aromatic carbocycles. The normalized spacial score (nSPS) is 14.2. The fourth-order valence-electron chi connectivity index (χ4n) is 2.92. The minimum Gasteiger partial charge on any atom is -0.326 e. The molecule has 0 aliphatic carbocycles. The van der Waals surface area contributed by atoms with Gasteiger partial charge in [0.05, 0.1) is 0 Å². The van der Waals surface area contributed by atoms with Crippen LogP contribution in [-0.2, 0) is 6.54 Å². The molecule has 0 saturated carbocycles. The molecule has 21 heavy (non-hydrogen) atoms. The Balaban J connectivity index is 2.19. The van der Waals surface area contributed by atoms with E-state index in [1.54, 1.807) is 0 Å². The Labute approximate surface area is 128 Å². The molecule has 0 amide bonds. The molecule has 0 radical (unpaired) electrons. The SMILES string of the molecule is Cc1ccc(C(C(C)N)N(C)Cc2cccc(C)c2)cc1. The molecule has 2 rings (SSSR count). The summed E-state index contributed by atoms with van der Waals surface area (Å²) < 4.78 is 0. The van der Waals surface area contributed by atoms with E-state index in [0.29, 0.717) is 0 Å². The van der Waals surface area contributed by atoms with Crippen LogP contribution in [0.5, 0.6) is 0 Å². The van der Waals surface area contributed by atoms with E-state index in [1.165, 1.54) is 22.3 Å². The van der Waals surface area contributed by atoms with E-state index in [9.17, 15) is 0 Å². The van der Waals surface area contributed by atoms with Crippen molar-refractivity contribution in [2.24, 2.45) is 5.73 Å². The Morgan fingerprint density at radius 2 is 1.67 bits per heavy atom. The third-order valence-electron chi connectivity index (χ3n) is 3.91. The summed E-state index contributed by atoms with van der Waals surface area (Å²) in [6, 6.07) is 17.7. The van der Waals surface area contributed by atoms with Gasteiger partial charge >= 0.3 is 0 Å². The molecule has 2 heteroatoms. The number of nitrogens with zero attached hydrogens (tertiary/aromatic N) is 1. The van der Waals surface area contributed by atoms with Crippen LogP contribution in [0.4, 0.5) is 0 Å². The molecule has 0 heterocycles. The number of rotatable bonds is 5. The van der Waals surface area contributed by atoms with Gasteiger partial charge in [0, 0.05) is 18.6 Å². The van der Waals surface area contributed by atoms with Crippen LogP contribution in [0.2, 0.25) is 0 Å². The second-order valence-corrected chi connectivity index (χ2v) is 6.12. The van der Waals surface area contributed by atoms with Crippen LogP contribution < -0.4 is 5.73 Å². The summed E-state index contributed by atoms with van der Waals surface area (Å²) in [7, 11) is 2.15. The van der Waals surface area contributed by atoms with E-state index in [1.807, 2.05) is 0 Å². The monoisotopic (exact) mass is 282 g/mol. The van der Waals surface area contributed by atoms with Gasteiger partial charge < -0.3 is 5.73 Å². The summed E-state index contributed by atoms with van der Waals surface area (Å²) in [5.41, 5.74) is 11.4. The van der Waals surface area contributed by atoms with E-state index >= 15 is 0 Å². The summed E-state index contributed by atoms with van der Waals surface area (Å²) in [6.45, 7) is 7.23. The quantitative estimate of drug-likeness (QED) is 0.903. The average Bonchev–Trinajstić information content (AvgIpc) is 2.41. The number of likely N-dealkylation sites (N-methyl/N-ethyl adjacent to an activating group) is 1. The summed E-state index contributed by atoms with van der Waals surface area (Å²) in [6.07, 6.45) is 0. The van der Waals surface area contributed by atoms with Crippen molar-refractivity contribution in [3.8, 4) is 0 Å². The fraction of sp³-hybridized carbons (Fsp3) is 0.368. The molecular formula is C19H26N2. The van der Waals surface area contributed by atoms with Crippen molar-refractivity contribution in [2.75, 3.05) is 7.05 Å². The molecule has 2 aromatic rings. The molecule has 2 N–H and O–H groups in total. The first-order valence-corrected chi connectivity index (χ1v) is 7.55. The van der Waals surface area contributed by atoms with Crippen LogP contribution in [0.25, 0.3) is 0 Å². The van der Waals surface area contributed by atoms with Crippen molar-refractivity contribution >= 4 is 0 Å². The third-order valence-corrected chi connectivity index (χ3v) is 3.91. The minimum atomic E-state index is 0.0857. The minimum absolute atomic E-state index is 0.0857. The highest BCUT2D eigenvalue weighted by Crippen LogP contribution is 2.24. The molecule has 0 aliphatic rings. The molecule has 2 unspecified atom stereocenters. The van der Waals surface area contributed by atoms with Crippen LogP contribution in [0.3, 0.4) is 0 Å². The van der Waals surface area contributed by atoms with E-state index in [-0.39, 0.29) is 12.1 Å². The van der Waals surface area contributed by atoms with Crippen molar-refractivity contribution in [3.63, 3.8) is 0 Å². The van der Waals surface area contributed by atoms with Gasteiger partial charge in [0.1, 0.15) is 0 Å². The highest BCUT2D eigenvalue weighted by atomic mass is 15.1. The van der Waals surface area contributed by atoms with Gasteiger partial charge in [0.2, 0.25) is 0 Å². The van der Waals surface area contributed by atoms with Crippen molar-refractivity contribution in [3.05, 3.63) is 70.8 Å². The maximum Gasteiger partial charge on any atom is 0.0496 e. The largest absolute Gasteiger partial charge is 0.326 e. The number of hydrogen-bond acceptors (Lipinski definition) is 2. The van der Waals surface area contributed by atoms with Gasteiger partial charge in [0.25, 0.3) is 0 Å². The number of hydrogen-bond donors (Lipinski definition) is 1. The molecule has 0 fully saturated rings. The van der Waals surface area contributed by atoms with Gasteiger partial charge in [-0.3, -0.25) is 4.90 Å². The summed E-state index contributed by atoms with van der Waals surface area (Å²) >= 11 is 0. The fourth-order valence-corrected chi connectivity index (χ4v) is 2.92. The molecule has 0 saturated heterocycles. The molecule has 2 nitrogen and oxygen atoms in total. The van der Waals surface area contributed by atoms with Gasteiger partial charge in [-0.25, -0.2) is 0 Å². The summed E-state index contributed by atoms with van der Waals surface area (Å²) in [5, 5.41) is 0. The van der Waals surface area contributed by atoms with Crippen molar-refractivity contribution in [1.29, 1.82) is 0 Å². The Hall–Kier alpha value is -1.64. The number of nitrogens with two attached hydrogens (primary N) is 1. The van der Waals surface area contributed by atoms with Gasteiger partial charge in [0.15, 0.2) is 0 Å². The maximum atomic E-state index is 6.25. The van der Waals surface area contributed by atoms with Crippen LogP contribution in [0.15, 0.2) is 48.5 Å². The summed E-state index contributed by atoms with van der Waals surface area (Å²) in [5.74, 6) is 0. The van der Waals surface area contributed by atoms with Gasteiger partial charge in [-0.2, -0.15) is 0 Å². The molecule has 112 valence electrons. The van der Waals surface area contributed by atoms with Gasteiger partial charge in [-0.15, -0.1) is 0 Å². The first kappa shape index (κ1) is 15.7. The molecule has 0 aliphatic heterocycles. The number of benzene rings is 2. The second-order valence-electron chi connectivity index (χ2n) is 6.12. The lowest BCUT2D eigenvalue weighted by atomic mass is 9.98. The van der Waals surface area contributed by atoms with E-state index in [4.69, 9.17) is 5.73 Å². The Morgan fingerprint density at radius 3 is 2.24 bits per heavy atom. The molecule has 2 atom stereocenters. The lowest BCUT2D eigenvalue weighted by Crippen LogP contribution is -2.36. The van der Waals surface area contributed by atoms with E-state index in [0.717, 1.165) is 6.54 Å². The predicted molar refractivity (Wildman–Crippen MR) is 90.2 cm³/mol. The van der Waals surface area contributed by atoms with E-state index < -0.39 is 0 Å². The molecule has 0 bridgehead atoms. The maximum absolute atomic E-state index is 6.25. The van der Waals surface area contributed by atoms with Crippen LogP contribution in [-0.4, -0.2) is 18.0 Å². The van der Waals surface area contributed by atoms with Crippen molar-refractivity contribution < 1.29 is 0 Å². The Morgan fingerprint density at radius 1 is 1.00 bits per heavy atom. The topological polar surface area (TPSA) is 29.3 Å². The van der Waals surface area contributed by atoms with Crippen LogP contribution in [0, 0.1) is 13.8 Å². The zero-order chi connectivity index (χ0) is 15.4. The molecular weight excluding hydrogens is 256 g/mol. The molecule has 0 spiro atoms. The molecule has 0 aromatic heterocycles. The standard InChI is InChI=1S/C19H26N2/c1-14-8-10-18(11-9-14)19(16(3)20)21(4)13-17-7-5-6-15(2)12-17/h5-12,16,19H,13,20H2,1-4H3. The average molecular weight is 282 g/mol. The van der Waals surface area contributed by atoms with Gasteiger partial charge in [-0.1, -0.05) is 59.7 Å².